The minimum Gasteiger partial charge on any atom is -0.361 e. The van der Waals surface area contributed by atoms with Crippen LogP contribution in [0.2, 0.25) is 0 Å². The summed E-state index contributed by atoms with van der Waals surface area (Å²) >= 11 is 0. The normalized spacial score (nSPS) is 16.8. The van der Waals surface area contributed by atoms with Gasteiger partial charge in [-0.3, -0.25) is 4.79 Å². The highest BCUT2D eigenvalue weighted by Crippen LogP contribution is 2.39. The Morgan fingerprint density at radius 1 is 1.06 bits per heavy atom. The molecule has 1 N–H and O–H groups in total. The zero-order chi connectivity index (χ0) is 20.8. The molecule has 4 heterocycles. The number of aromatic amines is 1. The smallest absolute Gasteiger partial charge is 0.253 e. The first-order valence-electron chi connectivity index (χ1n) is 10.7. The third-order valence-electron chi connectivity index (χ3n) is 6.07. The highest BCUT2D eigenvalue weighted by Gasteiger charge is 2.30. The van der Waals surface area contributed by atoms with Gasteiger partial charge in [-0.25, -0.2) is 4.98 Å². The van der Waals surface area contributed by atoms with Gasteiger partial charge in [0.15, 0.2) is 0 Å². The van der Waals surface area contributed by atoms with Crippen molar-refractivity contribution in [3.8, 4) is 11.4 Å². The van der Waals surface area contributed by atoms with Crippen molar-refractivity contribution in [3.63, 3.8) is 0 Å². The van der Waals surface area contributed by atoms with E-state index in [0.717, 1.165) is 59.7 Å². The number of amides is 1. The predicted molar refractivity (Wildman–Crippen MR) is 116 cm³/mol. The van der Waals surface area contributed by atoms with E-state index in [1.165, 1.54) is 0 Å². The minimum atomic E-state index is 0.0784. The van der Waals surface area contributed by atoms with Gasteiger partial charge >= 0.3 is 0 Å². The summed E-state index contributed by atoms with van der Waals surface area (Å²) in [5, 5.41) is 5.13. The minimum absolute atomic E-state index is 0.0784. The molecule has 0 bridgehead atoms. The van der Waals surface area contributed by atoms with Crippen molar-refractivity contribution in [1.82, 2.24) is 25.0 Å². The number of H-pyrrole nitrogens is 1. The highest BCUT2D eigenvalue weighted by atomic mass is 16.5. The van der Waals surface area contributed by atoms with Crippen molar-refractivity contribution in [3.05, 3.63) is 60.2 Å². The summed E-state index contributed by atoms with van der Waals surface area (Å²) in [5.74, 6) is 2.74. The van der Waals surface area contributed by atoms with Gasteiger partial charge in [0.2, 0.25) is 11.7 Å². The fourth-order valence-electron chi connectivity index (χ4n) is 4.06. The number of piperazine rings is 1. The summed E-state index contributed by atoms with van der Waals surface area (Å²) in [6.07, 6.45) is 5.95. The van der Waals surface area contributed by atoms with E-state index in [0.29, 0.717) is 24.8 Å². The van der Waals surface area contributed by atoms with Gasteiger partial charge in [-0.05, 0) is 49.2 Å². The highest BCUT2D eigenvalue weighted by molar-refractivity contribution is 5.98. The van der Waals surface area contributed by atoms with Crippen molar-refractivity contribution in [2.45, 2.75) is 18.8 Å². The third kappa shape index (κ3) is 3.43. The molecular formula is C23H22N6O2. The lowest BCUT2D eigenvalue weighted by molar-refractivity contribution is 0.0746. The van der Waals surface area contributed by atoms with Crippen LogP contribution in [0.4, 0.5) is 5.82 Å². The van der Waals surface area contributed by atoms with Crippen LogP contribution in [0.25, 0.3) is 22.3 Å². The summed E-state index contributed by atoms with van der Waals surface area (Å²) in [6, 6.07) is 11.8. The number of nitrogens with one attached hydrogen (secondary N) is 1. The number of carbonyl (C=O) groups excluding carboxylic acids is 1. The number of hydrogen-bond donors (Lipinski definition) is 1. The van der Waals surface area contributed by atoms with E-state index in [1.807, 2.05) is 47.5 Å². The van der Waals surface area contributed by atoms with Gasteiger partial charge in [-0.15, -0.1) is 0 Å². The standard InChI is InChI=1S/C23H22N6O2/c30-23(17-3-5-19-16(13-17)7-8-24-19)29-11-9-28(10-12-29)20-6-4-18(14-25-20)21-26-22(31-27-21)15-1-2-15/h3-8,13-15,24H,1-2,9-12H2. The largest absolute Gasteiger partial charge is 0.361 e. The first-order valence-corrected chi connectivity index (χ1v) is 10.7. The second-order valence-electron chi connectivity index (χ2n) is 8.19. The van der Waals surface area contributed by atoms with Crippen molar-refractivity contribution >= 4 is 22.6 Å². The lowest BCUT2D eigenvalue weighted by atomic mass is 10.1. The third-order valence-corrected chi connectivity index (χ3v) is 6.07. The van der Waals surface area contributed by atoms with Crippen molar-refractivity contribution in [1.29, 1.82) is 0 Å². The van der Waals surface area contributed by atoms with E-state index < -0.39 is 0 Å². The van der Waals surface area contributed by atoms with Crippen LogP contribution in [0, 0.1) is 0 Å². The zero-order valence-corrected chi connectivity index (χ0v) is 17.0. The molecular weight excluding hydrogens is 392 g/mol. The van der Waals surface area contributed by atoms with Crippen LogP contribution in [0.3, 0.4) is 0 Å². The number of rotatable bonds is 4. The fraction of sp³-hybridized carbons (Fsp3) is 0.304. The maximum Gasteiger partial charge on any atom is 0.253 e. The van der Waals surface area contributed by atoms with Gasteiger partial charge in [0.1, 0.15) is 5.82 Å². The summed E-state index contributed by atoms with van der Waals surface area (Å²) in [7, 11) is 0. The molecule has 8 nitrogen and oxygen atoms in total. The quantitative estimate of drug-likeness (QED) is 0.550. The number of aromatic nitrogens is 4. The molecule has 31 heavy (non-hydrogen) atoms. The van der Waals surface area contributed by atoms with Crippen LogP contribution in [0.5, 0.6) is 0 Å². The lowest BCUT2D eigenvalue weighted by Crippen LogP contribution is -2.49. The molecule has 1 amide bonds. The van der Waals surface area contributed by atoms with Crippen molar-refractivity contribution < 1.29 is 9.32 Å². The molecule has 1 aliphatic carbocycles. The molecule has 6 rings (SSSR count). The lowest BCUT2D eigenvalue weighted by Gasteiger charge is -2.35. The molecule has 8 heteroatoms. The van der Waals surface area contributed by atoms with E-state index in [-0.39, 0.29) is 5.91 Å². The van der Waals surface area contributed by atoms with Gasteiger partial charge < -0.3 is 19.3 Å². The van der Waals surface area contributed by atoms with Crippen molar-refractivity contribution in [2.24, 2.45) is 0 Å². The molecule has 0 unspecified atom stereocenters. The maximum atomic E-state index is 12.9. The molecule has 3 aromatic heterocycles. The molecule has 4 aromatic rings. The average Bonchev–Trinajstić information content (AvgIpc) is 3.36. The number of nitrogens with zero attached hydrogens (tertiary/aromatic N) is 5. The van der Waals surface area contributed by atoms with Gasteiger partial charge in [0.05, 0.1) is 0 Å². The van der Waals surface area contributed by atoms with Gasteiger partial charge in [-0.2, -0.15) is 4.98 Å². The second kappa shape index (κ2) is 7.23. The van der Waals surface area contributed by atoms with Crippen LogP contribution in [0.15, 0.2) is 53.3 Å². The summed E-state index contributed by atoms with van der Waals surface area (Å²) in [5.41, 5.74) is 2.63. The Morgan fingerprint density at radius 3 is 2.71 bits per heavy atom. The molecule has 2 fully saturated rings. The Morgan fingerprint density at radius 2 is 1.94 bits per heavy atom. The Bertz CT molecular complexity index is 1230. The van der Waals surface area contributed by atoms with Gasteiger partial charge in [-0.1, -0.05) is 5.16 Å². The molecule has 1 saturated heterocycles. The van der Waals surface area contributed by atoms with Crippen LogP contribution in [-0.2, 0) is 0 Å². The molecule has 0 radical (unpaired) electrons. The van der Waals surface area contributed by atoms with Gasteiger partial charge in [0.25, 0.3) is 5.91 Å². The first-order chi connectivity index (χ1) is 15.2. The number of anilines is 1. The predicted octanol–water partition coefficient (Wildman–Crippen LogP) is 3.45. The Balaban J connectivity index is 1.10. The summed E-state index contributed by atoms with van der Waals surface area (Å²) in [6.45, 7) is 2.84. The summed E-state index contributed by atoms with van der Waals surface area (Å²) in [4.78, 5) is 29.3. The summed E-state index contributed by atoms with van der Waals surface area (Å²) < 4.78 is 5.34. The number of benzene rings is 1. The molecule has 2 aliphatic rings. The molecule has 0 spiro atoms. The molecule has 156 valence electrons. The number of hydrogen-bond acceptors (Lipinski definition) is 6. The monoisotopic (exact) mass is 414 g/mol. The van der Waals surface area contributed by atoms with Crippen molar-refractivity contribution in [2.75, 3.05) is 31.1 Å². The SMILES string of the molecule is O=C(c1ccc2[nH]ccc2c1)N1CCN(c2ccc(-c3noc(C4CC4)n3)cn2)CC1. The number of pyridine rings is 1. The van der Waals surface area contributed by atoms with E-state index in [2.05, 4.69) is 25.0 Å². The molecule has 0 atom stereocenters. The van der Waals surface area contributed by atoms with E-state index in [4.69, 9.17) is 4.52 Å². The molecule has 1 aromatic carbocycles. The first kappa shape index (κ1) is 18.1. The Kier molecular flexibility index (Phi) is 4.22. The Hall–Kier alpha value is -3.68. The number of carbonyl (C=O) groups is 1. The maximum absolute atomic E-state index is 12.9. The topological polar surface area (TPSA) is 91.2 Å². The zero-order valence-electron chi connectivity index (χ0n) is 17.0. The van der Waals surface area contributed by atoms with Gasteiger partial charge in [0, 0.05) is 66.5 Å². The van der Waals surface area contributed by atoms with E-state index in [9.17, 15) is 4.79 Å². The van der Waals surface area contributed by atoms with Crippen LogP contribution >= 0.6 is 0 Å². The second-order valence-corrected chi connectivity index (χ2v) is 8.19. The van der Waals surface area contributed by atoms with Crippen LogP contribution < -0.4 is 4.90 Å². The van der Waals surface area contributed by atoms with E-state index in [1.54, 1.807) is 6.20 Å². The molecule has 1 aliphatic heterocycles. The fourth-order valence-corrected chi connectivity index (χ4v) is 4.06. The number of fused-ring (bicyclic) bond motifs is 1. The average molecular weight is 414 g/mol. The Labute approximate surface area is 178 Å². The van der Waals surface area contributed by atoms with Crippen LogP contribution in [0.1, 0.15) is 35.0 Å². The van der Waals surface area contributed by atoms with E-state index >= 15 is 0 Å². The van der Waals surface area contributed by atoms with Crippen LogP contribution in [-0.4, -0.2) is 57.1 Å². The molecule has 1 saturated carbocycles.